The van der Waals surface area contributed by atoms with Gasteiger partial charge in [-0.15, -0.1) is 0 Å². The van der Waals surface area contributed by atoms with Crippen LogP contribution in [0.5, 0.6) is 0 Å². The van der Waals surface area contributed by atoms with E-state index in [2.05, 4.69) is 5.16 Å². The van der Waals surface area contributed by atoms with Crippen molar-refractivity contribution in [3.8, 4) is 0 Å². The molecular formula is C14H12ClNO4S. The first-order chi connectivity index (χ1) is 10.1. The van der Waals surface area contributed by atoms with Crippen LogP contribution >= 0.6 is 11.6 Å². The molecule has 0 bridgehead atoms. The van der Waals surface area contributed by atoms with Crippen LogP contribution in [0.25, 0.3) is 0 Å². The highest BCUT2D eigenvalue weighted by atomic mass is 35.5. The SMILES string of the molecule is O=S(=O)(ON=C1CCCc2occc21)c1ccc(Cl)cc1. The van der Waals surface area contributed by atoms with E-state index in [-0.39, 0.29) is 4.90 Å². The number of oxime groups is 1. The molecule has 0 spiro atoms. The van der Waals surface area contributed by atoms with Gasteiger partial charge in [0.1, 0.15) is 10.7 Å². The maximum Gasteiger partial charge on any atom is 0.358 e. The smallest absolute Gasteiger partial charge is 0.358 e. The normalized spacial score (nSPS) is 16.7. The zero-order chi connectivity index (χ0) is 14.9. The highest BCUT2D eigenvalue weighted by Gasteiger charge is 2.21. The third-order valence-electron chi connectivity index (χ3n) is 3.22. The lowest BCUT2D eigenvalue weighted by molar-refractivity contribution is 0.337. The molecule has 7 heteroatoms. The van der Waals surface area contributed by atoms with Crippen molar-refractivity contribution in [2.75, 3.05) is 0 Å². The Bertz CT molecular complexity index is 778. The molecule has 0 saturated heterocycles. The summed E-state index contributed by atoms with van der Waals surface area (Å²) in [5, 5.41) is 4.26. The Morgan fingerprint density at radius 3 is 2.67 bits per heavy atom. The van der Waals surface area contributed by atoms with Crippen molar-refractivity contribution < 1.29 is 17.1 Å². The van der Waals surface area contributed by atoms with Crippen molar-refractivity contribution in [2.45, 2.75) is 24.2 Å². The Hall–Kier alpha value is -1.79. The molecule has 0 saturated carbocycles. The van der Waals surface area contributed by atoms with E-state index in [1.165, 1.54) is 24.3 Å². The zero-order valence-electron chi connectivity index (χ0n) is 11.0. The number of rotatable bonds is 3. The summed E-state index contributed by atoms with van der Waals surface area (Å²) < 4.78 is 34.2. The number of aryl methyl sites for hydroxylation is 1. The minimum absolute atomic E-state index is 0.0134. The molecule has 0 unspecified atom stereocenters. The summed E-state index contributed by atoms with van der Waals surface area (Å²) in [7, 11) is -3.94. The van der Waals surface area contributed by atoms with Gasteiger partial charge in [-0.05, 0) is 43.2 Å². The maximum absolute atomic E-state index is 12.0. The van der Waals surface area contributed by atoms with Crippen LogP contribution in [0, 0.1) is 0 Å². The molecule has 1 aromatic carbocycles. The van der Waals surface area contributed by atoms with Crippen LogP contribution in [0.4, 0.5) is 0 Å². The molecule has 0 atom stereocenters. The Morgan fingerprint density at radius 1 is 1.14 bits per heavy atom. The second kappa shape index (κ2) is 5.54. The predicted molar refractivity (Wildman–Crippen MR) is 77.9 cm³/mol. The summed E-state index contributed by atoms with van der Waals surface area (Å²) in [6.45, 7) is 0. The van der Waals surface area contributed by atoms with Crippen molar-refractivity contribution in [2.24, 2.45) is 5.16 Å². The van der Waals surface area contributed by atoms with Gasteiger partial charge in [-0.1, -0.05) is 16.8 Å². The van der Waals surface area contributed by atoms with Gasteiger partial charge < -0.3 is 4.42 Å². The molecule has 21 heavy (non-hydrogen) atoms. The van der Waals surface area contributed by atoms with Crippen LogP contribution < -0.4 is 0 Å². The second-order valence-corrected chi connectivity index (χ2v) is 6.60. The minimum Gasteiger partial charge on any atom is -0.469 e. The van der Waals surface area contributed by atoms with E-state index in [0.717, 1.165) is 24.2 Å². The summed E-state index contributed by atoms with van der Waals surface area (Å²) in [5.41, 5.74) is 1.40. The van der Waals surface area contributed by atoms with E-state index in [1.807, 2.05) is 0 Å². The highest BCUT2D eigenvalue weighted by molar-refractivity contribution is 7.86. The lowest BCUT2D eigenvalue weighted by Gasteiger charge is -2.11. The molecule has 0 amide bonds. The monoisotopic (exact) mass is 325 g/mol. The molecule has 1 aliphatic rings. The first-order valence-electron chi connectivity index (χ1n) is 6.39. The number of hydrogen-bond acceptors (Lipinski definition) is 5. The van der Waals surface area contributed by atoms with Gasteiger partial charge in [-0.3, -0.25) is 4.28 Å². The van der Waals surface area contributed by atoms with Crippen molar-refractivity contribution in [1.29, 1.82) is 0 Å². The molecule has 1 aromatic heterocycles. The number of nitrogens with zero attached hydrogens (tertiary/aromatic N) is 1. The molecule has 0 fully saturated rings. The predicted octanol–water partition coefficient (Wildman–Crippen LogP) is 3.38. The topological polar surface area (TPSA) is 68.9 Å². The minimum atomic E-state index is -3.94. The van der Waals surface area contributed by atoms with E-state index in [0.29, 0.717) is 17.2 Å². The van der Waals surface area contributed by atoms with E-state index in [1.54, 1.807) is 12.3 Å². The lowest BCUT2D eigenvalue weighted by Crippen LogP contribution is -2.12. The van der Waals surface area contributed by atoms with Crippen molar-refractivity contribution >= 4 is 27.4 Å². The third-order valence-corrected chi connectivity index (χ3v) is 4.59. The van der Waals surface area contributed by atoms with Gasteiger partial charge in [-0.2, -0.15) is 8.42 Å². The van der Waals surface area contributed by atoms with E-state index < -0.39 is 10.1 Å². The van der Waals surface area contributed by atoms with Gasteiger partial charge >= 0.3 is 10.1 Å². The summed E-state index contributed by atoms with van der Waals surface area (Å²) in [6.07, 6.45) is 3.90. The van der Waals surface area contributed by atoms with Crippen molar-refractivity contribution in [3.63, 3.8) is 0 Å². The maximum atomic E-state index is 12.0. The third kappa shape index (κ3) is 2.96. The fourth-order valence-electron chi connectivity index (χ4n) is 2.18. The number of benzene rings is 1. The summed E-state index contributed by atoms with van der Waals surface area (Å²) >= 11 is 5.73. The summed E-state index contributed by atoms with van der Waals surface area (Å²) in [4.78, 5) is 0.0134. The molecule has 2 aromatic rings. The van der Waals surface area contributed by atoms with Gasteiger partial charge in [-0.25, -0.2) is 0 Å². The fourth-order valence-corrected chi connectivity index (χ4v) is 3.05. The fraction of sp³-hybridized carbons (Fsp3) is 0.214. The van der Waals surface area contributed by atoms with E-state index >= 15 is 0 Å². The second-order valence-electron chi connectivity index (χ2n) is 4.63. The van der Waals surface area contributed by atoms with Crippen LogP contribution in [0.1, 0.15) is 24.2 Å². The Labute approximate surface area is 127 Å². The number of furan rings is 1. The summed E-state index contributed by atoms with van der Waals surface area (Å²) in [6, 6.07) is 7.50. The van der Waals surface area contributed by atoms with E-state index in [9.17, 15) is 8.42 Å². The van der Waals surface area contributed by atoms with Gasteiger partial charge in [0.15, 0.2) is 0 Å². The molecule has 0 aliphatic heterocycles. The quantitative estimate of drug-likeness (QED) is 0.811. The van der Waals surface area contributed by atoms with Crippen LogP contribution in [0.15, 0.2) is 51.1 Å². The molecule has 5 nitrogen and oxygen atoms in total. The number of halogens is 1. The molecule has 0 N–H and O–H groups in total. The van der Waals surface area contributed by atoms with Crippen molar-refractivity contribution in [1.82, 2.24) is 0 Å². The summed E-state index contributed by atoms with van der Waals surface area (Å²) in [5.74, 6) is 0.812. The molecular weight excluding hydrogens is 314 g/mol. The number of fused-ring (bicyclic) bond motifs is 1. The molecule has 1 heterocycles. The van der Waals surface area contributed by atoms with Gasteiger partial charge in [0.2, 0.25) is 0 Å². The highest BCUT2D eigenvalue weighted by Crippen LogP contribution is 2.24. The van der Waals surface area contributed by atoms with Gasteiger partial charge in [0, 0.05) is 17.0 Å². The van der Waals surface area contributed by atoms with Crippen LogP contribution in [-0.2, 0) is 20.8 Å². The largest absolute Gasteiger partial charge is 0.469 e. The average Bonchev–Trinajstić information content (AvgIpc) is 2.94. The van der Waals surface area contributed by atoms with Gasteiger partial charge in [0.05, 0.1) is 12.0 Å². The van der Waals surface area contributed by atoms with Crippen LogP contribution in [0.3, 0.4) is 0 Å². The lowest BCUT2D eigenvalue weighted by atomic mass is 9.97. The molecule has 3 rings (SSSR count). The first-order valence-corrected chi connectivity index (χ1v) is 8.18. The molecule has 1 aliphatic carbocycles. The van der Waals surface area contributed by atoms with Crippen LogP contribution in [-0.4, -0.2) is 14.1 Å². The van der Waals surface area contributed by atoms with Gasteiger partial charge in [0.25, 0.3) is 0 Å². The standard InChI is InChI=1S/C14H12ClNO4S/c15-10-4-6-11(7-5-10)21(17,18)20-16-13-2-1-3-14-12(13)8-9-19-14/h4-9H,1-3H2. The Kier molecular flexibility index (Phi) is 3.73. The zero-order valence-corrected chi connectivity index (χ0v) is 12.5. The molecule has 0 radical (unpaired) electrons. The first kappa shape index (κ1) is 14.2. The molecule has 110 valence electrons. The van der Waals surface area contributed by atoms with Crippen molar-refractivity contribution in [3.05, 3.63) is 52.9 Å². The Morgan fingerprint density at radius 2 is 1.90 bits per heavy atom. The average molecular weight is 326 g/mol. The van der Waals surface area contributed by atoms with E-state index in [4.69, 9.17) is 20.3 Å². The van der Waals surface area contributed by atoms with Crippen LogP contribution in [0.2, 0.25) is 5.02 Å². The Balaban J connectivity index is 1.85. The number of hydrogen-bond donors (Lipinski definition) is 0.